The van der Waals surface area contributed by atoms with Crippen LogP contribution in [0.15, 0.2) is 72.3 Å². The molecule has 1 fully saturated rings. The first kappa shape index (κ1) is 21.5. The Balaban J connectivity index is 1.58. The summed E-state index contributed by atoms with van der Waals surface area (Å²) in [6.07, 6.45) is 1.48. The minimum atomic E-state index is -0.492. The van der Waals surface area contributed by atoms with Gasteiger partial charge in [-0.05, 0) is 48.4 Å². The molecule has 32 heavy (non-hydrogen) atoms. The largest absolute Gasteiger partial charge is 0.493 e. The van der Waals surface area contributed by atoms with Gasteiger partial charge in [0, 0.05) is 0 Å². The van der Waals surface area contributed by atoms with E-state index < -0.39 is 11.8 Å². The van der Waals surface area contributed by atoms with Gasteiger partial charge in [0.25, 0.3) is 11.8 Å². The molecule has 3 aromatic carbocycles. The number of ether oxygens (including phenoxy) is 2. The Morgan fingerprint density at radius 3 is 2.44 bits per heavy atom. The fourth-order valence-electron chi connectivity index (χ4n) is 3.29. The number of para-hydroxylation sites is 1. The van der Waals surface area contributed by atoms with Crippen molar-refractivity contribution in [3.05, 3.63) is 94.0 Å². The number of hydrogen-bond acceptors (Lipinski definition) is 4. The summed E-state index contributed by atoms with van der Waals surface area (Å²) < 4.78 is 11.3. The molecule has 0 bridgehead atoms. The van der Waals surface area contributed by atoms with E-state index in [9.17, 15) is 9.59 Å². The van der Waals surface area contributed by atoms with Crippen molar-refractivity contribution in [3.63, 3.8) is 0 Å². The zero-order chi connectivity index (χ0) is 22.7. The van der Waals surface area contributed by atoms with E-state index in [0.29, 0.717) is 34.4 Å². The fourth-order valence-corrected chi connectivity index (χ4v) is 3.56. The molecular weight excluding hydrogens is 428 g/mol. The van der Waals surface area contributed by atoms with Gasteiger partial charge in [0.05, 0.1) is 17.8 Å². The summed E-state index contributed by atoms with van der Waals surface area (Å²) in [5, 5.41) is 1.53. The molecule has 0 spiro atoms. The molecule has 2 amide bonds. The number of carbonyl (C=O) groups is 2. The number of benzene rings is 3. The molecule has 0 saturated carbocycles. The summed E-state index contributed by atoms with van der Waals surface area (Å²) in [5.74, 6) is -0.142. The summed E-state index contributed by atoms with van der Waals surface area (Å²) >= 11 is 6.46. The molecule has 1 heterocycles. The van der Waals surface area contributed by atoms with Crippen molar-refractivity contribution in [3.8, 4) is 11.5 Å². The Labute approximate surface area is 191 Å². The Morgan fingerprint density at radius 2 is 1.75 bits per heavy atom. The van der Waals surface area contributed by atoms with Crippen LogP contribution < -0.4 is 19.9 Å². The van der Waals surface area contributed by atoms with Gasteiger partial charge in [-0.1, -0.05) is 59.6 Å². The number of amides is 2. The molecule has 0 aliphatic carbocycles. The third-order valence-electron chi connectivity index (χ3n) is 4.97. The van der Waals surface area contributed by atoms with Crippen molar-refractivity contribution in [2.24, 2.45) is 0 Å². The standard InChI is InChI=1S/C25H21ClN2O4/c1-16-8-10-17(11-9-16)15-32-23-21(26)13-18(14-22(23)31-2)12-20-24(29)27-28(25(20)30)19-6-4-3-5-7-19/h3-14H,15H2,1-2H3,(H,27,29). The maximum absolute atomic E-state index is 12.8. The molecule has 162 valence electrons. The number of carbonyl (C=O) groups excluding carboxylic acids is 2. The number of methoxy groups -OCH3 is 1. The second-order valence-electron chi connectivity index (χ2n) is 7.28. The first-order valence-corrected chi connectivity index (χ1v) is 10.3. The molecule has 6 nitrogen and oxygen atoms in total. The van der Waals surface area contributed by atoms with E-state index >= 15 is 0 Å². The van der Waals surface area contributed by atoms with E-state index in [-0.39, 0.29) is 5.57 Å². The zero-order valence-electron chi connectivity index (χ0n) is 17.6. The van der Waals surface area contributed by atoms with Gasteiger partial charge in [0.1, 0.15) is 12.2 Å². The van der Waals surface area contributed by atoms with Crippen molar-refractivity contribution in [1.29, 1.82) is 0 Å². The van der Waals surface area contributed by atoms with Gasteiger partial charge in [-0.2, -0.15) is 0 Å². The zero-order valence-corrected chi connectivity index (χ0v) is 18.3. The monoisotopic (exact) mass is 448 g/mol. The topological polar surface area (TPSA) is 67.9 Å². The predicted molar refractivity (Wildman–Crippen MR) is 124 cm³/mol. The van der Waals surface area contributed by atoms with E-state index in [1.165, 1.54) is 18.2 Å². The molecule has 1 aliphatic rings. The number of hydrogen-bond donors (Lipinski definition) is 1. The first-order valence-electron chi connectivity index (χ1n) is 9.94. The Bertz CT molecular complexity index is 1190. The summed E-state index contributed by atoms with van der Waals surface area (Å²) in [6.45, 7) is 2.34. The molecule has 1 saturated heterocycles. The summed E-state index contributed by atoms with van der Waals surface area (Å²) in [6, 6.07) is 20.2. The van der Waals surface area contributed by atoms with Gasteiger partial charge >= 0.3 is 0 Å². The second kappa shape index (κ2) is 9.16. The average Bonchev–Trinajstić information content (AvgIpc) is 3.08. The SMILES string of the molecule is COc1cc(C=C2C(=O)NN(c3ccccc3)C2=O)cc(Cl)c1OCc1ccc(C)cc1. The van der Waals surface area contributed by atoms with E-state index in [4.69, 9.17) is 21.1 Å². The third-order valence-corrected chi connectivity index (χ3v) is 5.25. The summed E-state index contributed by atoms with van der Waals surface area (Å²) in [4.78, 5) is 25.2. The second-order valence-corrected chi connectivity index (χ2v) is 7.69. The van der Waals surface area contributed by atoms with E-state index in [1.54, 1.807) is 36.4 Å². The van der Waals surface area contributed by atoms with Gasteiger partial charge in [0.15, 0.2) is 11.5 Å². The van der Waals surface area contributed by atoms with Crippen molar-refractivity contribution >= 4 is 35.2 Å². The molecular formula is C25H21ClN2O4. The third kappa shape index (κ3) is 4.45. The minimum absolute atomic E-state index is 0.000275. The highest BCUT2D eigenvalue weighted by Crippen LogP contribution is 2.38. The molecule has 0 atom stereocenters. The van der Waals surface area contributed by atoms with Crippen molar-refractivity contribution in [1.82, 2.24) is 5.43 Å². The Morgan fingerprint density at radius 1 is 1.03 bits per heavy atom. The van der Waals surface area contributed by atoms with Crippen LogP contribution in [0.2, 0.25) is 5.02 Å². The molecule has 4 rings (SSSR count). The van der Waals surface area contributed by atoms with Gasteiger partial charge in [-0.25, -0.2) is 5.01 Å². The van der Waals surface area contributed by atoms with Crippen LogP contribution in [0.1, 0.15) is 16.7 Å². The fraction of sp³-hybridized carbons (Fsp3) is 0.120. The number of nitrogens with zero attached hydrogens (tertiary/aromatic N) is 1. The lowest BCUT2D eigenvalue weighted by Crippen LogP contribution is -2.35. The number of rotatable bonds is 6. The van der Waals surface area contributed by atoms with Crippen LogP contribution in [-0.2, 0) is 16.2 Å². The predicted octanol–water partition coefficient (Wildman–Crippen LogP) is 4.70. The van der Waals surface area contributed by atoms with Crippen LogP contribution in [0.4, 0.5) is 5.69 Å². The van der Waals surface area contributed by atoms with E-state index in [0.717, 1.165) is 11.1 Å². The molecule has 1 N–H and O–H groups in total. The molecule has 0 aromatic heterocycles. The molecule has 1 aliphatic heterocycles. The van der Waals surface area contributed by atoms with Crippen molar-refractivity contribution in [2.45, 2.75) is 13.5 Å². The average molecular weight is 449 g/mol. The van der Waals surface area contributed by atoms with Crippen LogP contribution in [-0.4, -0.2) is 18.9 Å². The van der Waals surface area contributed by atoms with Crippen LogP contribution in [0.25, 0.3) is 6.08 Å². The van der Waals surface area contributed by atoms with Crippen LogP contribution >= 0.6 is 11.6 Å². The minimum Gasteiger partial charge on any atom is -0.493 e. The summed E-state index contributed by atoms with van der Waals surface area (Å²) in [7, 11) is 1.51. The normalized spacial score (nSPS) is 14.6. The van der Waals surface area contributed by atoms with Gasteiger partial charge in [-0.15, -0.1) is 0 Å². The number of anilines is 1. The van der Waals surface area contributed by atoms with Crippen LogP contribution in [0.3, 0.4) is 0 Å². The maximum atomic E-state index is 12.8. The van der Waals surface area contributed by atoms with Crippen molar-refractivity contribution in [2.75, 3.05) is 12.1 Å². The maximum Gasteiger partial charge on any atom is 0.282 e. The lowest BCUT2D eigenvalue weighted by Gasteiger charge is -2.14. The lowest BCUT2D eigenvalue weighted by atomic mass is 10.1. The van der Waals surface area contributed by atoms with E-state index in [1.807, 2.05) is 37.3 Å². The lowest BCUT2D eigenvalue weighted by molar-refractivity contribution is -0.117. The highest BCUT2D eigenvalue weighted by Gasteiger charge is 2.34. The van der Waals surface area contributed by atoms with Crippen molar-refractivity contribution < 1.29 is 19.1 Å². The highest BCUT2D eigenvalue weighted by atomic mass is 35.5. The molecule has 3 aromatic rings. The van der Waals surface area contributed by atoms with Crippen LogP contribution in [0.5, 0.6) is 11.5 Å². The number of nitrogens with one attached hydrogen (secondary N) is 1. The Kier molecular flexibility index (Phi) is 6.14. The number of hydrazine groups is 1. The smallest absolute Gasteiger partial charge is 0.282 e. The highest BCUT2D eigenvalue weighted by molar-refractivity contribution is 6.33. The van der Waals surface area contributed by atoms with Crippen LogP contribution in [0, 0.1) is 6.92 Å². The van der Waals surface area contributed by atoms with Gasteiger partial charge in [-0.3, -0.25) is 15.0 Å². The first-order chi connectivity index (χ1) is 15.5. The number of aryl methyl sites for hydroxylation is 1. The van der Waals surface area contributed by atoms with E-state index in [2.05, 4.69) is 5.43 Å². The Hall–Kier alpha value is -3.77. The molecule has 7 heteroatoms. The molecule has 0 radical (unpaired) electrons. The number of halogens is 1. The van der Waals surface area contributed by atoms with Gasteiger partial charge in [0.2, 0.25) is 0 Å². The summed E-state index contributed by atoms with van der Waals surface area (Å²) in [5.41, 5.74) is 5.85. The quantitative estimate of drug-likeness (QED) is 0.438. The molecule has 0 unspecified atom stereocenters. The van der Waals surface area contributed by atoms with Gasteiger partial charge < -0.3 is 9.47 Å².